The van der Waals surface area contributed by atoms with Crippen molar-refractivity contribution in [2.45, 2.75) is 56.8 Å². The topological polar surface area (TPSA) is 67.3 Å². The molecule has 1 atom stereocenters. The molecule has 2 N–H and O–H groups in total. The summed E-state index contributed by atoms with van der Waals surface area (Å²) >= 11 is 0. The lowest BCUT2D eigenvalue weighted by Gasteiger charge is -2.35. The van der Waals surface area contributed by atoms with E-state index in [2.05, 4.69) is 15.3 Å². The van der Waals surface area contributed by atoms with Gasteiger partial charge in [0.1, 0.15) is 11.4 Å². The largest absolute Gasteiger partial charge is 0.384 e. The molecule has 0 amide bonds. The molecule has 32 heavy (non-hydrogen) atoms. The number of nitrogens with one attached hydrogen (secondary N) is 1. The molecule has 0 saturated heterocycles. The summed E-state index contributed by atoms with van der Waals surface area (Å²) in [4.78, 5) is 8.79. The van der Waals surface area contributed by atoms with Gasteiger partial charge in [-0.25, -0.2) is 13.2 Å². The Hall–Kier alpha value is -2.71. The minimum atomic E-state index is -2.88. The molecule has 5 nitrogen and oxygen atoms in total. The van der Waals surface area contributed by atoms with E-state index >= 15 is 0 Å². The number of rotatable bonds is 6. The van der Waals surface area contributed by atoms with E-state index in [4.69, 9.17) is 4.74 Å². The second-order valence-corrected chi connectivity index (χ2v) is 8.33. The van der Waals surface area contributed by atoms with Crippen LogP contribution in [0.15, 0.2) is 42.7 Å². The first-order valence-electron chi connectivity index (χ1n) is 10.7. The number of alkyl halides is 2. The lowest BCUT2D eigenvalue weighted by Crippen LogP contribution is -2.34. The maximum absolute atomic E-state index is 14.6. The Morgan fingerprint density at radius 3 is 2.56 bits per heavy atom. The Morgan fingerprint density at radius 1 is 1.16 bits per heavy atom. The maximum Gasteiger partial charge on any atom is 0.266 e. The normalized spacial score (nSPS) is 22.3. The smallest absolute Gasteiger partial charge is 0.266 e. The molecule has 2 heterocycles. The number of methoxy groups -OCH3 is 1. The van der Waals surface area contributed by atoms with Crippen molar-refractivity contribution in [3.05, 3.63) is 65.4 Å². The fraction of sp³-hybridized carbons (Fsp3) is 0.417. The van der Waals surface area contributed by atoms with Crippen molar-refractivity contribution >= 4 is 16.6 Å². The van der Waals surface area contributed by atoms with Gasteiger partial charge in [-0.3, -0.25) is 9.97 Å². The molecule has 2 aromatic heterocycles. The Labute approximate surface area is 184 Å². The number of ether oxygens (including phenoxy) is 1. The van der Waals surface area contributed by atoms with Gasteiger partial charge in [-0.2, -0.15) is 0 Å². The minimum absolute atomic E-state index is 0.134. The highest BCUT2D eigenvalue weighted by Crippen LogP contribution is 2.39. The van der Waals surface area contributed by atoms with Gasteiger partial charge in [-0.1, -0.05) is 18.2 Å². The molecule has 0 spiro atoms. The maximum atomic E-state index is 14.6. The first kappa shape index (κ1) is 22.5. The number of benzene rings is 1. The van der Waals surface area contributed by atoms with Gasteiger partial charge in [-0.15, -0.1) is 0 Å². The molecule has 8 heteroatoms. The van der Waals surface area contributed by atoms with Crippen molar-refractivity contribution in [3.63, 3.8) is 0 Å². The van der Waals surface area contributed by atoms with E-state index in [1.807, 2.05) is 0 Å². The summed E-state index contributed by atoms with van der Waals surface area (Å²) in [5.41, 5.74) is 0.299. The monoisotopic (exact) mass is 445 g/mol. The Balaban J connectivity index is 1.65. The molecule has 1 aromatic carbocycles. The summed E-state index contributed by atoms with van der Waals surface area (Å²) in [5, 5.41) is 15.1. The molecule has 1 aliphatic carbocycles. The van der Waals surface area contributed by atoms with Gasteiger partial charge in [0.05, 0.1) is 35.1 Å². The first-order valence-corrected chi connectivity index (χ1v) is 10.7. The Bertz CT molecular complexity index is 1100. The highest BCUT2D eigenvalue weighted by Gasteiger charge is 2.36. The van der Waals surface area contributed by atoms with E-state index in [0.29, 0.717) is 29.7 Å². The summed E-state index contributed by atoms with van der Waals surface area (Å²) < 4.78 is 46.2. The van der Waals surface area contributed by atoms with Crippen LogP contribution in [0, 0.1) is 5.82 Å². The summed E-state index contributed by atoms with van der Waals surface area (Å²) in [6.07, 6.45) is 3.01. The van der Waals surface area contributed by atoms with Crippen LogP contribution in [-0.4, -0.2) is 28.3 Å². The molecular formula is C24H26F3N3O2. The van der Waals surface area contributed by atoms with E-state index in [1.54, 1.807) is 38.6 Å². The van der Waals surface area contributed by atoms with Crippen molar-refractivity contribution in [3.8, 4) is 0 Å². The van der Waals surface area contributed by atoms with Gasteiger partial charge in [0.2, 0.25) is 0 Å². The Morgan fingerprint density at radius 2 is 1.88 bits per heavy atom. The molecule has 170 valence electrons. The molecule has 1 fully saturated rings. The van der Waals surface area contributed by atoms with E-state index in [0.717, 1.165) is 24.3 Å². The predicted octanol–water partition coefficient (Wildman–Crippen LogP) is 5.66. The summed E-state index contributed by atoms with van der Waals surface area (Å²) in [6, 6.07) is 6.98. The third-order valence-corrected chi connectivity index (χ3v) is 6.33. The van der Waals surface area contributed by atoms with E-state index < -0.39 is 29.4 Å². The second kappa shape index (κ2) is 9.03. The molecule has 1 saturated carbocycles. The van der Waals surface area contributed by atoms with Crippen LogP contribution in [0.3, 0.4) is 0 Å². The molecule has 0 unspecified atom stereocenters. The quantitative estimate of drug-likeness (QED) is 0.513. The van der Waals surface area contributed by atoms with Crippen LogP contribution in [0.4, 0.5) is 18.9 Å². The zero-order valence-electron chi connectivity index (χ0n) is 18.0. The van der Waals surface area contributed by atoms with E-state index in [-0.39, 0.29) is 11.7 Å². The zero-order valence-corrected chi connectivity index (χ0v) is 18.0. The van der Waals surface area contributed by atoms with Gasteiger partial charge >= 0.3 is 0 Å². The van der Waals surface area contributed by atoms with Gasteiger partial charge in [-0.05, 0) is 44.7 Å². The number of halogens is 3. The van der Waals surface area contributed by atoms with Crippen molar-refractivity contribution in [1.29, 1.82) is 0 Å². The third-order valence-electron chi connectivity index (χ3n) is 6.33. The molecule has 0 radical (unpaired) electrons. The van der Waals surface area contributed by atoms with E-state index in [1.165, 1.54) is 12.1 Å². The standard InChI is InChI=1S/C24H26F3N3O2/c1-14(16-4-3-5-17(22(16)25)23(26)27)30-19-8-11-28-20-13-29-21(12-18(19)20)24(31)9-6-15(32-2)7-10-24/h3-5,8,11-15,23,31H,6-7,9-10H2,1-2H3,(H,28,30)/t14-,15?,24?/m1/s1. The predicted molar refractivity (Wildman–Crippen MR) is 116 cm³/mol. The Kier molecular flexibility index (Phi) is 6.35. The minimum Gasteiger partial charge on any atom is -0.384 e. The summed E-state index contributed by atoms with van der Waals surface area (Å²) in [6.45, 7) is 1.71. The molecule has 0 bridgehead atoms. The number of anilines is 1. The van der Waals surface area contributed by atoms with Crippen molar-refractivity contribution in [2.24, 2.45) is 0 Å². The highest BCUT2D eigenvalue weighted by atomic mass is 19.3. The second-order valence-electron chi connectivity index (χ2n) is 8.33. The molecular weight excluding hydrogens is 419 g/mol. The first-order chi connectivity index (χ1) is 15.3. The van der Waals surface area contributed by atoms with Crippen LogP contribution in [0.5, 0.6) is 0 Å². The van der Waals surface area contributed by atoms with Crippen LogP contribution in [-0.2, 0) is 10.3 Å². The number of hydrogen-bond acceptors (Lipinski definition) is 5. The van der Waals surface area contributed by atoms with E-state index in [9.17, 15) is 18.3 Å². The number of aliphatic hydroxyl groups is 1. The van der Waals surface area contributed by atoms with Crippen molar-refractivity contribution < 1.29 is 23.0 Å². The van der Waals surface area contributed by atoms with Crippen molar-refractivity contribution in [2.75, 3.05) is 12.4 Å². The van der Waals surface area contributed by atoms with Gasteiger partial charge < -0.3 is 15.2 Å². The van der Waals surface area contributed by atoms with Crippen LogP contribution >= 0.6 is 0 Å². The average Bonchev–Trinajstić information content (AvgIpc) is 2.79. The number of nitrogens with zero attached hydrogens (tertiary/aromatic N) is 2. The van der Waals surface area contributed by atoms with Crippen LogP contribution in [0.25, 0.3) is 10.9 Å². The summed E-state index contributed by atoms with van der Waals surface area (Å²) in [7, 11) is 1.67. The highest BCUT2D eigenvalue weighted by molar-refractivity contribution is 5.91. The summed E-state index contributed by atoms with van der Waals surface area (Å²) in [5.74, 6) is -0.910. The fourth-order valence-electron chi connectivity index (χ4n) is 4.37. The number of pyridine rings is 2. The average molecular weight is 445 g/mol. The lowest BCUT2D eigenvalue weighted by atomic mass is 9.80. The number of fused-ring (bicyclic) bond motifs is 1. The van der Waals surface area contributed by atoms with Gasteiger partial charge in [0, 0.05) is 29.9 Å². The molecule has 1 aliphatic rings. The fourth-order valence-corrected chi connectivity index (χ4v) is 4.37. The molecule has 4 rings (SSSR count). The zero-order chi connectivity index (χ0) is 22.9. The number of hydrogen-bond donors (Lipinski definition) is 2. The van der Waals surface area contributed by atoms with Crippen LogP contribution in [0.2, 0.25) is 0 Å². The molecule has 0 aliphatic heterocycles. The number of aromatic nitrogens is 2. The molecule has 3 aromatic rings. The van der Waals surface area contributed by atoms with Crippen molar-refractivity contribution in [1.82, 2.24) is 9.97 Å². The van der Waals surface area contributed by atoms with Gasteiger partial charge in [0.25, 0.3) is 6.43 Å². The third kappa shape index (κ3) is 4.29. The van der Waals surface area contributed by atoms with Crippen LogP contribution in [0.1, 0.15) is 61.9 Å². The SMILES string of the molecule is COC1CCC(O)(c2cc3c(N[C@H](C)c4cccc(C(F)F)c4F)ccnc3cn2)CC1. The van der Waals surface area contributed by atoms with Crippen LogP contribution < -0.4 is 5.32 Å². The lowest BCUT2D eigenvalue weighted by molar-refractivity contribution is -0.0499. The van der Waals surface area contributed by atoms with Gasteiger partial charge in [0.15, 0.2) is 0 Å².